The Balaban J connectivity index is 2.02. The molecule has 3 rings (SSSR count). The van der Waals surface area contributed by atoms with Crippen molar-refractivity contribution in [1.82, 2.24) is 9.97 Å². The molecule has 0 fully saturated rings. The van der Waals surface area contributed by atoms with E-state index in [2.05, 4.69) is 34.3 Å². The molecule has 1 unspecified atom stereocenters. The Bertz CT molecular complexity index is 1200. The van der Waals surface area contributed by atoms with Crippen LogP contribution in [0.15, 0.2) is 53.8 Å². The lowest BCUT2D eigenvalue weighted by molar-refractivity contribution is -0.115. The number of hydrogen-bond donors (Lipinski definition) is 2. The Labute approximate surface area is 191 Å². The van der Waals surface area contributed by atoms with Crippen LogP contribution in [0.1, 0.15) is 37.0 Å². The lowest BCUT2D eigenvalue weighted by atomic mass is 9.96. The monoisotopic (exact) mass is 442 g/mol. The van der Waals surface area contributed by atoms with Crippen LogP contribution in [0.5, 0.6) is 0 Å². The van der Waals surface area contributed by atoms with Crippen molar-refractivity contribution in [2.45, 2.75) is 37.0 Å². The first kappa shape index (κ1) is 22.8. The van der Waals surface area contributed by atoms with Crippen LogP contribution in [0.25, 0.3) is 11.1 Å². The van der Waals surface area contributed by atoms with Crippen molar-refractivity contribution in [2.24, 2.45) is 0 Å². The number of aryl methyl sites for hydroxylation is 1. The van der Waals surface area contributed by atoms with Gasteiger partial charge < -0.3 is 11.1 Å². The number of amides is 1. The number of pyridine rings is 2. The van der Waals surface area contributed by atoms with Crippen molar-refractivity contribution in [1.29, 1.82) is 10.5 Å². The van der Waals surface area contributed by atoms with E-state index >= 15 is 0 Å². The molecule has 0 spiro atoms. The van der Waals surface area contributed by atoms with Crippen LogP contribution in [-0.4, -0.2) is 21.1 Å². The number of carbonyl (C=O) groups is 1. The van der Waals surface area contributed by atoms with Crippen LogP contribution in [0.3, 0.4) is 0 Å². The Morgan fingerprint density at radius 1 is 1.09 bits per heavy atom. The van der Waals surface area contributed by atoms with Crippen molar-refractivity contribution in [3.8, 4) is 23.3 Å². The van der Waals surface area contributed by atoms with Crippen LogP contribution in [-0.2, 0) is 11.2 Å². The van der Waals surface area contributed by atoms with Crippen molar-refractivity contribution in [3.63, 3.8) is 0 Å². The first-order valence-electron chi connectivity index (χ1n) is 10.1. The van der Waals surface area contributed by atoms with Gasteiger partial charge in [0.1, 0.15) is 28.5 Å². The van der Waals surface area contributed by atoms with Crippen LogP contribution in [0.4, 0.5) is 11.5 Å². The molecule has 1 amide bonds. The number of benzene rings is 1. The number of thioether (sulfide) groups is 1. The number of nitrogen functional groups attached to an aromatic ring is 1. The fourth-order valence-corrected chi connectivity index (χ4v) is 4.21. The third kappa shape index (κ3) is 4.88. The maximum atomic E-state index is 12.8. The fourth-order valence-electron chi connectivity index (χ4n) is 3.19. The maximum Gasteiger partial charge on any atom is 0.237 e. The predicted octanol–water partition coefficient (Wildman–Crippen LogP) is 4.54. The molecule has 160 valence electrons. The molecule has 0 saturated carbocycles. The molecule has 3 N–H and O–H groups in total. The zero-order valence-corrected chi connectivity index (χ0v) is 18.6. The van der Waals surface area contributed by atoms with Crippen molar-refractivity contribution < 1.29 is 4.79 Å². The van der Waals surface area contributed by atoms with E-state index in [1.165, 1.54) is 11.8 Å². The number of rotatable bonds is 7. The third-order valence-electron chi connectivity index (χ3n) is 4.93. The number of aromatic nitrogens is 2. The number of nitrogens with one attached hydrogen (secondary N) is 1. The minimum Gasteiger partial charge on any atom is -0.383 e. The second-order valence-corrected chi connectivity index (χ2v) is 8.13. The second-order valence-electron chi connectivity index (χ2n) is 6.94. The number of nitriles is 2. The topological polar surface area (TPSA) is 128 Å². The van der Waals surface area contributed by atoms with Gasteiger partial charge in [-0.2, -0.15) is 10.5 Å². The highest BCUT2D eigenvalue weighted by atomic mass is 32.2. The van der Waals surface area contributed by atoms with Crippen LogP contribution in [0.2, 0.25) is 0 Å². The number of hydrogen-bond acceptors (Lipinski definition) is 7. The van der Waals surface area contributed by atoms with Gasteiger partial charge in [0.15, 0.2) is 0 Å². The summed E-state index contributed by atoms with van der Waals surface area (Å²) in [5.41, 5.74) is 9.42. The highest BCUT2D eigenvalue weighted by Crippen LogP contribution is 2.37. The normalized spacial score (nSPS) is 11.2. The summed E-state index contributed by atoms with van der Waals surface area (Å²) in [4.78, 5) is 21.1. The van der Waals surface area contributed by atoms with E-state index < -0.39 is 5.25 Å². The van der Waals surface area contributed by atoms with Gasteiger partial charge in [-0.1, -0.05) is 49.9 Å². The summed E-state index contributed by atoms with van der Waals surface area (Å²) in [7, 11) is 0. The van der Waals surface area contributed by atoms with Gasteiger partial charge in [-0.15, -0.1) is 0 Å². The minimum atomic E-state index is -0.509. The van der Waals surface area contributed by atoms with Crippen molar-refractivity contribution >= 4 is 29.2 Å². The molecule has 0 radical (unpaired) electrons. The van der Waals surface area contributed by atoms with Crippen LogP contribution < -0.4 is 11.1 Å². The molecule has 2 heterocycles. The number of nitrogens with two attached hydrogens (primary N) is 1. The summed E-state index contributed by atoms with van der Waals surface area (Å²) < 4.78 is 0. The molecule has 8 heteroatoms. The second kappa shape index (κ2) is 10.4. The first-order valence-corrected chi connectivity index (χ1v) is 11.0. The SMILES string of the molecule is CCc1ccc(-c2c(C#N)c(N)nc(SC(CC)C(=O)Nc3ccncc3)c2C#N)cc1. The molecular formula is C24H22N6OS. The first-order chi connectivity index (χ1) is 15.5. The summed E-state index contributed by atoms with van der Waals surface area (Å²) in [6.07, 6.45) is 4.57. The van der Waals surface area contributed by atoms with Crippen LogP contribution in [0, 0.1) is 22.7 Å². The van der Waals surface area contributed by atoms with Gasteiger partial charge >= 0.3 is 0 Å². The summed E-state index contributed by atoms with van der Waals surface area (Å²) in [5.74, 6) is -0.181. The van der Waals surface area contributed by atoms with Gasteiger partial charge in [0.2, 0.25) is 5.91 Å². The summed E-state index contributed by atoms with van der Waals surface area (Å²) in [6, 6.07) is 15.3. The quantitative estimate of drug-likeness (QED) is 0.514. The molecule has 0 aliphatic rings. The molecule has 0 saturated heterocycles. The Kier molecular flexibility index (Phi) is 7.43. The molecule has 3 aromatic rings. The van der Waals surface area contributed by atoms with E-state index in [0.717, 1.165) is 12.0 Å². The molecular weight excluding hydrogens is 420 g/mol. The zero-order chi connectivity index (χ0) is 23.1. The standard InChI is InChI=1S/C24H22N6OS/c1-3-15-5-7-16(8-6-15)21-18(13-25)22(27)30-24(19(21)14-26)32-20(4-2)23(31)29-17-9-11-28-12-10-17/h5-12,20H,3-4H2,1-2H3,(H2,27,30)(H,28,29,31). The molecule has 2 aromatic heterocycles. The summed E-state index contributed by atoms with van der Waals surface area (Å²) in [6.45, 7) is 3.94. The van der Waals surface area contributed by atoms with Gasteiger partial charge in [-0.05, 0) is 36.1 Å². The van der Waals surface area contributed by atoms with Crippen molar-refractivity contribution in [2.75, 3.05) is 11.1 Å². The van der Waals surface area contributed by atoms with E-state index in [-0.39, 0.29) is 22.9 Å². The molecule has 1 atom stereocenters. The maximum absolute atomic E-state index is 12.8. The van der Waals surface area contributed by atoms with Gasteiger partial charge in [0.25, 0.3) is 0 Å². The van der Waals surface area contributed by atoms with Crippen LogP contribution >= 0.6 is 11.8 Å². The Morgan fingerprint density at radius 3 is 2.31 bits per heavy atom. The van der Waals surface area contributed by atoms with Gasteiger partial charge in [-0.3, -0.25) is 9.78 Å². The van der Waals surface area contributed by atoms with Gasteiger partial charge in [-0.25, -0.2) is 4.98 Å². The molecule has 0 bridgehead atoms. The highest BCUT2D eigenvalue weighted by Gasteiger charge is 2.25. The number of anilines is 2. The summed E-state index contributed by atoms with van der Waals surface area (Å²) in [5, 5.41) is 22.3. The highest BCUT2D eigenvalue weighted by molar-refractivity contribution is 8.00. The van der Waals surface area contributed by atoms with Gasteiger partial charge in [0.05, 0.1) is 10.8 Å². The molecule has 0 aliphatic heterocycles. The number of nitrogens with zero attached hydrogens (tertiary/aromatic N) is 4. The largest absolute Gasteiger partial charge is 0.383 e. The Hall–Kier alpha value is -3.88. The smallest absolute Gasteiger partial charge is 0.237 e. The lowest BCUT2D eigenvalue weighted by Gasteiger charge is -2.17. The molecule has 1 aromatic carbocycles. The number of carbonyl (C=O) groups excluding carboxylic acids is 1. The fraction of sp³-hybridized carbons (Fsp3) is 0.208. The van der Waals surface area contributed by atoms with E-state index in [1.54, 1.807) is 24.5 Å². The average Bonchev–Trinajstić information content (AvgIpc) is 2.82. The van der Waals surface area contributed by atoms with Crippen molar-refractivity contribution in [3.05, 3.63) is 65.5 Å². The summed E-state index contributed by atoms with van der Waals surface area (Å²) >= 11 is 1.17. The zero-order valence-electron chi connectivity index (χ0n) is 17.8. The molecule has 7 nitrogen and oxygen atoms in total. The Morgan fingerprint density at radius 2 is 1.75 bits per heavy atom. The van der Waals surface area contributed by atoms with E-state index in [0.29, 0.717) is 28.3 Å². The third-order valence-corrected chi connectivity index (χ3v) is 6.28. The predicted molar refractivity (Wildman–Crippen MR) is 126 cm³/mol. The average molecular weight is 443 g/mol. The molecule has 32 heavy (non-hydrogen) atoms. The van der Waals surface area contributed by atoms with Gasteiger partial charge in [0, 0.05) is 23.6 Å². The van der Waals surface area contributed by atoms with E-state index in [4.69, 9.17) is 5.73 Å². The van der Waals surface area contributed by atoms with E-state index in [1.807, 2.05) is 31.2 Å². The van der Waals surface area contributed by atoms with E-state index in [9.17, 15) is 15.3 Å². The lowest BCUT2D eigenvalue weighted by Crippen LogP contribution is -2.25. The molecule has 0 aliphatic carbocycles. The minimum absolute atomic E-state index is 0.0352.